The fraction of sp³-hybridized carbons (Fsp3) is 0. The predicted molar refractivity (Wildman–Crippen MR) is 173 cm³/mol. The number of carbonyl (C=O) groups excluding carboxylic acids is 4. The van der Waals surface area contributed by atoms with Gasteiger partial charge in [-0.3, -0.25) is 19.2 Å². The SMILES string of the molecule is O=C1C(=O)c2cc(Br)ccc2-c2ccc(Br)cc21.O=C1C(=O)c2ccccc2-c2ccccc21.S=S=S=S=S. The van der Waals surface area contributed by atoms with Crippen LogP contribution in [-0.4, -0.2) is 23.1 Å². The van der Waals surface area contributed by atoms with Gasteiger partial charge in [0.2, 0.25) is 23.1 Å². The number of Topliss-reactive ketones (excluding diaryl/α,β-unsaturated/α-hetero) is 4. The van der Waals surface area contributed by atoms with E-state index in [2.05, 4.69) is 54.2 Å². The van der Waals surface area contributed by atoms with Crippen molar-refractivity contribution in [2.24, 2.45) is 0 Å². The molecule has 11 heteroatoms. The summed E-state index contributed by atoms with van der Waals surface area (Å²) in [5.74, 6) is -1.71. The highest BCUT2D eigenvalue weighted by Gasteiger charge is 2.31. The third kappa shape index (κ3) is 6.35. The summed E-state index contributed by atoms with van der Waals surface area (Å²) < 4.78 is 1.59. The van der Waals surface area contributed by atoms with Crippen molar-refractivity contribution in [1.29, 1.82) is 0 Å². The number of rotatable bonds is 0. The average molecular weight is 735 g/mol. The van der Waals surface area contributed by atoms with Gasteiger partial charge in [-0.2, -0.15) is 0 Å². The van der Waals surface area contributed by atoms with Crippen LogP contribution in [0.15, 0.2) is 93.9 Å². The summed E-state index contributed by atoms with van der Waals surface area (Å²) >= 11 is 15.5. The molecule has 0 N–H and O–H groups in total. The third-order valence-electron chi connectivity index (χ3n) is 5.84. The minimum atomic E-state index is -0.447. The first kappa shape index (κ1) is 29.6. The van der Waals surface area contributed by atoms with Crippen LogP contribution in [0.5, 0.6) is 0 Å². The van der Waals surface area contributed by atoms with Crippen molar-refractivity contribution in [2.75, 3.05) is 0 Å². The molecule has 194 valence electrons. The first-order valence-corrected chi connectivity index (χ1v) is 17.9. The Morgan fingerprint density at radius 1 is 0.436 bits per heavy atom. The number of fused-ring (bicyclic) bond motifs is 6. The lowest BCUT2D eigenvalue weighted by Gasteiger charge is -2.18. The maximum Gasteiger partial charge on any atom is 0.234 e. The van der Waals surface area contributed by atoms with E-state index in [0.717, 1.165) is 31.2 Å². The van der Waals surface area contributed by atoms with Gasteiger partial charge in [0.15, 0.2) is 0 Å². The lowest BCUT2D eigenvalue weighted by molar-refractivity contribution is 0.0815. The monoisotopic (exact) mass is 732 g/mol. The second-order valence-corrected chi connectivity index (χ2v) is 15.1. The van der Waals surface area contributed by atoms with E-state index in [1.165, 1.54) is 26.6 Å². The molecule has 0 saturated heterocycles. The summed E-state index contributed by atoms with van der Waals surface area (Å²) in [7, 11) is 3.95. The minimum Gasteiger partial charge on any atom is -0.285 e. The molecule has 0 saturated carbocycles. The molecular formula is C28H14Br2O4S5. The molecule has 2 aliphatic carbocycles. The average Bonchev–Trinajstić information content (AvgIpc) is 2.96. The van der Waals surface area contributed by atoms with Gasteiger partial charge in [-0.25, -0.2) is 0 Å². The normalized spacial score (nSPS) is 12.3. The molecule has 0 bridgehead atoms. The van der Waals surface area contributed by atoms with E-state index in [9.17, 15) is 19.2 Å². The fourth-order valence-corrected chi connectivity index (χ4v) is 7.68. The molecule has 2 aliphatic rings. The highest BCUT2D eigenvalue weighted by Crippen LogP contribution is 2.36. The Hall–Kier alpha value is -2.38. The third-order valence-corrected chi connectivity index (χ3v) is 11.3. The van der Waals surface area contributed by atoms with Crippen molar-refractivity contribution in [3.8, 4) is 22.3 Å². The summed E-state index contributed by atoms with van der Waals surface area (Å²) in [6.07, 6.45) is 0. The van der Waals surface area contributed by atoms with Crippen LogP contribution in [-0.2, 0) is 49.0 Å². The van der Waals surface area contributed by atoms with Gasteiger partial charge in [-0.1, -0.05) is 92.5 Å². The molecule has 4 nitrogen and oxygen atoms in total. The van der Waals surface area contributed by atoms with Crippen molar-refractivity contribution in [1.82, 2.24) is 0 Å². The van der Waals surface area contributed by atoms with Crippen molar-refractivity contribution in [2.45, 2.75) is 0 Å². The Labute approximate surface area is 259 Å². The second-order valence-electron chi connectivity index (χ2n) is 7.99. The van der Waals surface area contributed by atoms with E-state index < -0.39 is 23.1 Å². The zero-order valence-electron chi connectivity index (χ0n) is 19.5. The Bertz CT molecular complexity index is 1690. The van der Waals surface area contributed by atoms with Crippen molar-refractivity contribution >= 4 is 104 Å². The molecule has 4 aromatic rings. The largest absolute Gasteiger partial charge is 0.285 e. The summed E-state index contributed by atoms with van der Waals surface area (Å²) in [5.41, 5.74) is 5.26. The van der Waals surface area contributed by atoms with E-state index in [-0.39, 0.29) is 0 Å². The standard InChI is InChI=1S/C14H6Br2O2.C14H8O2.S5/c15-7-1-3-9-10-4-2-8(16)6-12(10)14(18)13(17)11(9)5-7;15-13-11-7-3-1-5-9(11)10-6-2-4-8-12(10)14(13)16;1-3-5-4-2/h1-6H;1-8H;. The highest BCUT2D eigenvalue weighted by molar-refractivity contribution is 9.10. The van der Waals surface area contributed by atoms with E-state index in [1.54, 1.807) is 36.4 Å². The first-order valence-electron chi connectivity index (χ1n) is 11.0. The fourth-order valence-electron chi connectivity index (χ4n) is 4.21. The smallest absolute Gasteiger partial charge is 0.234 e. The van der Waals surface area contributed by atoms with Gasteiger partial charge in [0.1, 0.15) is 0 Å². The topological polar surface area (TPSA) is 68.3 Å². The van der Waals surface area contributed by atoms with Crippen LogP contribution in [0, 0.1) is 0 Å². The maximum absolute atomic E-state index is 12.1. The maximum atomic E-state index is 12.1. The quantitative estimate of drug-likeness (QED) is 0.182. The van der Waals surface area contributed by atoms with Crippen molar-refractivity contribution in [3.63, 3.8) is 0 Å². The van der Waals surface area contributed by atoms with Crippen LogP contribution in [0.3, 0.4) is 0 Å². The van der Waals surface area contributed by atoms with Gasteiger partial charge in [-0.15, -0.1) is 0 Å². The molecule has 0 radical (unpaired) electrons. The summed E-state index contributed by atoms with van der Waals surface area (Å²) in [6, 6.07) is 25.3. The van der Waals surface area contributed by atoms with Gasteiger partial charge in [0, 0.05) is 80.2 Å². The number of hydrogen-bond donors (Lipinski definition) is 0. The lowest BCUT2D eigenvalue weighted by atomic mass is 9.84. The van der Waals surface area contributed by atoms with Crippen LogP contribution in [0.1, 0.15) is 41.4 Å². The number of ketones is 4. The molecule has 39 heavy (non-hydrogen) atoms. The number of halogens is 2. The van der Waals surface area contributed by atoms with Gasteiger partial charge >= 0.3 is 0 Å². The van der Waals surface area contributed by atoms with Crippen LogP contribution < -0.4 is 0 Å². The molecule has 0 atom stereocenters. The van der Waals surface area contributed by atoms with Crippen LogP contribution in [0.2, 0.25) is 0 Å². The molecule has 0 aromatic heterocycles. The van der Waals surface area contributed by atoms with Crippen LogP contribution in [0.25, 0.3) is 22.3 Å². The second kappa shape index (κ2) is 13.3. The Morgan fingerprint density at radius 3 is 1.08 bits per heavy atom. The first-order chi connectivity index (χ1) is 18.8. The summed E-state index contributed by atoms with van der Waals surface area (Å²) in [6.45, 7) is 0. The molecule has 0 unspecified atom stereocenters. The summed E-state index contributed by atoms with van der Waals surface area (Å²) in [4.78, 5) is 47.8. The van der Waals surface area contributed by atoms with E-state index in [1.807, 2.05) is 48.5 Å². The van der Waals surface area contributed by atoms with Gasteiger partial charge in [0.05, 0.1) is 0 Å². The summed E-state index contributed by atoms with van der Waals surface area (Å²) in [5, 5.41) is 0. The molecular weight excluding hydrogens is 720 g/mol. The number of carbonyl (C=O) groups is 4. The Kier molecular flexibility index (Phi) is 10.1. The van der Waals surface area contributed by atoms with E-state index >= 15 is 0 Å². The van der Waals surface area contributed by atoms with Gasteiger partial charge < -0.3 is 0 Å². The highest BCUT2D eigenvalue weighted by atomic mass is 79.9. The molecule has 0 aliphatic heterocycles. The predicted octanol–water partition coefficient (Wildman–Crippen LogP) is 6.98. The Morgan fingerprint density at radius 2 is 0.744 bits per heavy atom. The van der Waals surface area contributed by atoms with Crippen molar-refractivity contribution < 1.29 is 19.2 Å². The van der Waals surface area contributed by atoms with E-state index in [4.69, 9.17) is 0 Å². The number of benzene rings is 4. The molecule has 0 spiro atoms. The van der Waals surface area contributed by atoms with Crippen molar-refractivity contribution in [3.05, 3.63) is 116 Å². The molecule has 0 heterocycles. The minimum absolute atomic E-state index is 0.408. The van der Waals surface area contributed by atoms with Gasteiger partial charge in [0.25, 0.3) is 0 Å². The number of hydrogen-bond acceptors (Lipinski definition) is 6. The lowest BCUT2D eigenvalue weighted by Crippen LogP contribution is -2.21. The molecule has 4 aromatic carbocycles. The van der Waals surface area contributed by atoms with Crippen LogP contribution >= 0.6 is 31.9 Å². The van der Waals surface area contributed by atoms with E-state index in [0.29, 0.717) is 22.3 Å². The zero-order valence-corrected chi connectivity index (χ0v) is 26.8. The molecule has 0 amide bonds. The van der Waals surface area contributed by atoms with Gasteiger partial charge in [-0.05, 0) is 46.5 Å². The van der Waals surface area contributed by atoms with Crippen LogP contribution in [0.4, 0.5) is 0 Å². The zero-order chi connectivity index (χ0) is 28.1. The molecule has 0 fully saturated rings. The molecule has 6 rings (SSSR count). The Balaban J connectivity index is 0.000000156.